The molecule has 1 aromatic rings. The number of aromatic amines is 1. The first-order valence-corrected chi connectivity index (χ1v) is 6.59. The molecule has 0 atom stereocenters. The fraction of sp³-hybridized carbons (Fsp3) is 0.769. The largest absolute Gasteiger partial charge is 0.396 e. The zero-order valence-corrected chi connectivity index (χ0v) is 10.7. The van der Waals surface area contributed by atoms with Crippen molar-refractivity contribution in [2.75, 3.05) is 6.61 Å². The molecular formula is C13H22N2O2. The lowest BCUT2D eigenvalue weighted by atomic mass is 10.0. The maximum atomic E-state index is 12.3. The minimum absolute atomic E-state index is 0.0392. The van der Waals surface area contributed by atoms with Crippen molar-refractivity contribution in [1.82, 2.24) is 9.78 Å². The van der Waals surface area contributed by atoms with Crippen LogP contribution in [0.25, 0.3) is 0 Å². The molecule has 1 heterocycles. The Bertz CT molecular complexity index is 425. The molecule has 0 aromatic carbocycles. The highest BCUT2D eigenvalue weighted by atomic mass is 16.3. The normalized spacial score (nSPS) is 17.2. The van der Waals surface area contributed by atoms with Crippen molar-refractivity contribution in [3.63, 3.8) is 0 Å². The van der Waals surface area contributed by atoms with Crippen LogP contribution >= 0.6 is 0 Å². The van der Waals surface area contributed by atoms with Crippen molar-refractivity contribution in [1.29, 1.82) is 0 Å². The predicted molar refractivity (Wildman–Crippen MR) is 67.4 cm³/mol. The highest BCUT2D eigenvalue weighted by Crippen LogP contribution is 2.28. The average molecular weight is 238 g/mol. The Kier molecular flexibility index (Phi) is 3.72. The molecule has 1 fully saturated rings. The molecule has 1 aromatic heterocycles. The quantitative estimate of drug-likeness (QED) is 0.842. The Hall–Kier alpha value is -1.03. The average Bonchev–Trinajstić information content (AvgIpc) is 2.88. The van der Waals surface area contributed by atoms with E-state index < -0.39 is 0 Å². The Morgan fingerprint density at radius 1 is 1.41 bits per heavy atom. The van der Waals surface area contributed by atoms with Gasteiger partial charge < -0.3 is 5.11 Å². The van der Waals surface area contributed by atoms with Crippen molar-refractivity contribution in [3.05, 3.63) is 21.6 Å². The first-order chi connectivity index (χ1) is 8.15. The Morgan fingerprint density at radius 3 is 2.59 bits per heavy atom. The smallest absolute Gasteiger partial charge is 0.270 e. The molecule has 0 aliphatic heterocycles. The first kappa shape index (κ1) is 12.4. The number of aliphatic hydroxyl groups excluding tert-OH is 1. The fourth-order valence-electron chi connectivity index (χ4n) is 2.76. The van der Waals surface area contributed by atoms with Gasteiger partial charge in [0.05, 0.1) is 6.04 Å². The molecule has 2 N–H and O–H groups in total. The molecule has 1 saturated carbocycles. The van der Waals surface area contributed by atoms with Crippen molar-refractivity contribution in [2.24, 2.45) is 0 Å². The summed E-state index contributed by atoms with van der Waals surface area (Å²) in [4.78, 5) is 12.3. The van der Waals surface area contributed by atoms with Gasteiger partial charge in [0.25, 0.3) is 5.56 Å². The van der Waals surface area contributed by atoms with Crippen LogP contribution in [-0.4, -0.2) is 21.5 Å². The van der Waals surface area contributed by atoms with E-state index in [0.717, 1.165) is 24.1 Å². The minimum Gasteiger partial charge on any atom is -0.396 e. The van der Waals surface area contributed by atoms with Gasteiger partial charge in [-0.1, -0.05) is 26.7 Å². The van der Waals surface area contributed by atoms with Crippen LogP contribution < -0.4 is 5.56 Å². The van der Waals surface area contributed by atoms with Crippen LogP contribution in [0.1, 0.15) is 62.7 Å². The molecule has 17 heavy (non-hydrogen) atoms. The molecule has 1 aliphatic carbocycles. The number of aliphatic hydroxyl groups is 1. The first-order valence-electron chi connectivity index (χ1n) is 6.59. The van der Waals surface area contributed by atoms with E-state index in [1.165, 1.54) is 12.8 Å². The summed E-state index contributed by atoms with van der Waals surface area (Å²) in [5.74, 6) is 0.298. The molecule has 2 rings (SSSR count). The van der Waals surface area contributed by atoms with E-state index in [9.17, 15) is 4.79 Å². The third-order valence-corrected chi connectivity index (χ3v) is 3.67. The maximum Gasteiger partial charge on any atom is 0.270 e. The summed E-state index contributed by atoms with van der Waals surface area (Å²) in [5, 5.41) is 12.3. The topological polar surface area (TPSA) is 58.0 Å². The van der Waals surface area contributed by atoms with E-state index in [2.05, 4.69) is 18.9 Å². The van der Waals surface area contributed by atoms with Gasteiger partial charge in [-0.2, -0.15) is 0 Å². The molecule has 0 bridgehead atoms. The standard InChI is InChI=1S/C13H22N2O2/c1-9(2)12-11(7-8-16)13(17)15(14-12)10-5-3-4-6-10/h9-10,14,16H,3-8H2,1-2H3. The van der Waals surface area contributed by atoms with Crippen LogP contribution in [0, 0.1) is 0 Å². The van der Waals surface area contributed by atoms with E-state index in [4.69, 9.17) is 5.11 Å². The lowest BCUT2D eigenvalue weighted by Crippen LogP contribution is -2.23. The monoisotopic (exact) mass is 238 g/mol. The van der Waals surface area contributed by atoms with Gasteiger partial charge in [-0.05, 0) is 18.8 Å². The van der Waals surface area contributed by atoms with Crippen LogP contribution in [0.3, 0.4) is 0 Å². The summed E-state index contributed by atoms with van der Waals surface area (Å²) in [6.07, 6.45) is 5.07. The van der Waals surface area contributed by atoms with Gasteiger partial charge >= 0.3 is 0 Å². The van der Waals surface area contributed by atoms with Gasteiger partial charge in [-0.3, -0.25) is 9.89 Å². The van der Waals surface area contributed by atoms with Crippen LogP contribution in [0.5, 0.6) is 0 Å². The van der Waals surface area contributed by atoms with E-state index in [0.29, 0.717) is 18.4 Å². The minimum atomic E-state index is 0.0392. The molecule has 0 spiro atoms. The van der Waals surface area contributed by atoms with Gasteiger partial charge in [-0.15, -0.1) is 0 Å². The van der Waals surface area contributed by atoms with Crippen LogP contribution in [0.2, 0.25) is 0 Å². The molecule has 4 heteroatoms. The van der Waals surface area contributed by atoms with Crippen molar-refractivity contribution in [3.8, 4) is 0 Å². The number of H-pyrrole nitrogens is 1. The number of hydrogen-bond donors (Lipinski definition) is 2. The van der Waals surface area contributed by atoms with Crippen LogP contribution in [-0.2, 0) is 6.42 Å². The highest BCUT2D eigenvalue weighted by Gasteiger charge is 2.23. The van der Waals surface area contributed by atoms with E-state index in [-0.39, 0.29) is 12.2 Å². The zero-order chi connectivity index (χ0) is 12.4. The molecule has 0 unspecified atom stereocenters. The zero-order valence-electron chi connectivity index (χ0n) is 10.7. The molecule has 0 saturated heterocycles. The van der Waals surface area contributed by atoms with Crippen LogP contribution in [0.15, 0.2) is 4.79 Å². The predicted octanol–water partition coefficient (Wildman–Crippen LogP) is 1.95. The Morgan fingerprint density at radius 2 is 2.06 bits per heavy atom. The number of rotatable bonds is 4. The van der Waals surface area contributed by atoms with E-state index >= 15 is 0 Å². The lowest BCUT2D eigenvalue weighted by molar-refractivity contribution is 0.298. The Labute approximate surface area is 102 Å². The molecular weight excluding hydrogens is 216 g/mol. The third kappa shape index (κ3) is 2.32. The second-order valence-corrected chi connectivity index (χ2v) is 5.25. The summed E-state index contributed by atoms with van der Waals surface area (Å²) in [7, 11) is 0. The van der Waals surface area contributed by atoms with Crippen molar-refractivity contribution >= 4 is 0 Å². The second kappa shape index (κ2) is 5.08. The molecule has 96 valence electrons. The summed E-state index contributed by atoms with van der Waals surface area (Å²) in [5.41, 5.74) is 1.85. The third-order valence-electron chi connectivity index (χ3n) is 3.67. The van der Waals surface area contributed by atoms with E-state index in [1.807, 2.05) is 0 Å². The lowest BCUT2D eigenvalue weighted by Gasteiger charge is -2.10. The SMILES string of the molecule is CC(C)c1[nH]n(C2CCCC2)c(=O)c1CCO. The number of hydrogen-bond acceptors (Lipinski definition) is 2. The number of aromatic nitrogens is 2. The number of nitrogens with one attached hydrogen (secondary N) is 1. The highest BCUT2D eigenvalue weighted by molar-refractivity contribution is 5.21. The summed E-state index contributed by atoms with van der Waals surface area (Å²) < 4.78 is 1.80. The van der Waals surface area contributed by atoms with Crippen molar-refractivity contribution < 1.29 is 5.11 Å². The summed E-state index contributed by atoms with van der Waals surface area (Å²) in [6, 6.07) is 0.340. The summed E-state index contributed by atoms with van der Waals surface area (Å²) in [6.45, 7) is 4.19. The van der Waals surface area contributed by atoms with Crippen LogP contribution in [0.4, 0.5) is 0 Å². The van der Waals surface area contributed by atoms with Crippen molar-refractivity contribution in [2.45, 2.75) is 57.9 Å². The number of nitrogens with zero attached hydrogens (tertiary/aromatic N) is 1. The molecule has 0 amide bonds. The Balaban J connectivity index is 2.40. The van der Waals surface area contributed by atoms with Gasteiger partial charge in [-0.25, -0.2) is 4.68 Å². The van der Waals surface area contributed by atoms with Gasteiger partial charge in [0, 0.05) is 24.3 Å². The van der Waals surface area contributed by atoms with Gasteiger partial charge in [0.15, 0.2) is 0 Å². The fourth-order valence-corrected chi connectivity index (χ4v) is 2.76. The molecule has 4 nitrogen and oxygen atoms in total. The molecule has 1 aliphatic rings. The maximum absolute atomic E-state index is 12.3. The second-order valence-electron chi connectivity index (χ2n) is 5.25. The van der Waals surface area contributed by atoms with Gasteiger partial charge in [0.1, 0.15) is 0 Å². The van der Waals surface area contributed by atoms with E-state index in [1.54, 1.807) is 4.68 Å². The summed E-state index contributed by atoms with van der Waals surface area (Å²) >= 11 is 0. The van der Waals surface area contributed by atoms with Gasteiger partial charge in [0.2, 0.25) is 0 Å². The molecule has 0 radical (unpaired) electrons.